The molecule has 3 aromatic rings. The molecule has 0 saturated carbocycles. The predicted octanol–water partition coefficient (Wildman–Crippen LogP) is 2.85. The van der Waals surface area contributed by atoms with Gasteiger partial charge in [-0.3, -0.25) is 0 Å². The maximum Gasteiger partial charge on any atom is 0.126 e. The van der Waals surface area contributed by atoms with Crippen LogP contribution in [0.5, 0.6) is 0 Å². The zero-order chi connectivity index (χ0) is 13.1. The van der Waals surface area contributed by atoms with Gasteiger partial charge in [0.1, 0.15) is 5.76 Å². The Balaban J connectivity index is 2.07. The normalized spacial score (nSPS) is 10.8. The minimum Gasteiger partial charge on any atom is -0.467 e. The number of nitrogens with one attached hydrogen (secondary N) is 1. The number of furan rings is 1. The second-order valence-corrected chi connectivity index (χ2v) is 4.25. The van der Waals surface area contributed by atoms with Crippen LogP contribution >= 0.6 is 0 Å². The summed E-state index contributed by atoms with van der Waals surface area (Å²) in [5.41, 5.74) is 3.14. The summed E-state index contributed by atoms with van der Waals surface area (Å²) in [6, 6.07) is 14.1. The Morgan fingerprint density at radius 3 is 2.79 bits per heavy atom. The Bertz CT molecular complexity index is 655. The van der Waals surface area contributed by atoms with Crippen molar-refractivity contribution in [3.05, 3.63) is 60.7 Å². The van der Waals surface area contributed by atoms with Gasteiger partial charge in [0.2, 0.25) is 0 Å². The topological polar surface area (TPSA) is 43.0 Å². The number of hydrogen-bond acceptors (Lipinski definition) is 3. The molecule has 1 N–H and O–H groups in total. The van der Waals surface area contributed by atoms with Crippen molar-refractivity contribution in [2.75, 3.05) is 7.05 Å². The van der Waals surface area contributed by atoms with Crippen molar-refractivity contribution >= 4 is 0 Å². The van der Waals surface area contributed by atoms with Gasteiger partial charge in [-0.25, -0.2) is 4.68 Å². The Kier molecular flexibility index (Phi) is 3.16. The van der Waals surface area contributed by atoms with Crippen LogP contribution < -0.4 is 5.32 Å². The number of nitrogens with zero attached hydrogens (tertiary/aromatic N) is 2. The highest BCUT2D eigenvalue weighted by atomic mass is 16.3. The standard InChI is InChI=1S/C15H15N3O/c1-16-11-15-13(8-10-19-15)14-7-9-17-18(14)12-5-3-2-4-6-12/h2-10,16H,11H2,1H3. The monoisotopic (exact) mass is 253 g/mol. The Hall–Kier alpha value is -2.33. The van der Waals surface area contributed by atoms with E-state index < -0.39 is 0 Å². The van der Waals surface area contributed by atoms with Crippen LogP contribution in [-0.2, 0) is 6.54 Å². The molecular weight excluding hydrogens is 238 g/mol. The van der Waals surface area contributed by atoms with E-state index in [1.807, 2.05) is 54.2 Å². The van der Waals surface area contributed by atoms with Gasteiger partial charge in [0.05, 0.1) is 30.4 Å². The molecule has 3 rings (SSSR count). The lowest BCUT2D eigenvalue weighted by molar-refractivity contribution is 0.496. The maximum atomic E-state index is 5.52. The van der Waals surface area contributed by atoms with E-state index in [9.17, 15) is 0 Å². The van der Waals surface area contributed by atoms with Crippen LogP contribution in [0.25, 0.3) is 16.9 Å². The van der Waals surface area contributed by atoms with E-state index in [-0.39, 0.29) is 0 Å². The fourth-order valence-electron chi connectivity index (χ4n) is 2.15. The molecule has 0 bridgehead atoms. The SMILES string of the molecule is CNCc1occc1-c1ccnn1-c1ccccc1. The van der Waals surface area contributed by atoms with Crippen LogP contribution in [0.3, 0.4) is 0 Å². The van der Waals surface area contributed by atoms with Crippen LogP contribution in [0.15, 0.2) is 59.3 Å². The third kappa shape index (κ3) is 2.18. The summed E-state index contributed by atoms with van der Waals surface area (Å²) in [5, 5.41) is 7.51. The molecule has 2 aromatic heterocycles. The number of aromatic nitrogens is 2. The van der Waals surface area contributed by atoms with Crippen molar-refractivity contribution in [3.8, 4) is 16.9 Å². The molecule has 19 heavy (non-hydrogen) atoms. The minimum absolute atomic E-state index is 0.697. The molecule has 0 amide bonds. The van der Waals surface area contributed by atoms with Gasteiger partial charge in [-0.2, -0.15) is 5.10 Å². The van der Waals surface area contributed by atoms with Gasteiger partial charge in [-0.05, 0) is 31.3 Å². The second kappa shape index (κ2) is 5.12. The highest BCUT2D eigenvalue weighted by Crippen LogP contribution is 2.26. The molecule has 0 radical (unpaired) electrons. The first-order valence-corrected chi connectivity index (χ1v) is 6.21. The van der Waals surface area contributed by atoms with Crippen LogP contribution in [0.4, 0.5) is 0 Å². The van der Waals surface area contributed by atoms with Crippen molar-refractivity contribution in [2.24, 2.45) is 0 Å². The van der Waals surface area contributed by atoms with E-state index in [0.717, 1.165) is 22.7 Å². The molecule has 4 nitrogen and oxygen atoms in total. The van der Waals surface area contributed by atoms with Gasteiger partial charge >= 0.3 is 0 Å². The summed E-state index contributed by atoms with van der Waals surface area (Å²) < 4.78 is 7.44. The van der Waals surface area contributed by atoms with Gasteiger partial charge < -0.3 is 9.73 Å². The molecule has 0 aliphatic rings. The van der Waals surface area contributed by atoms with Crippen LogP contribution in [0, 0.1) is 0 Å². The Morgan fingerprint density at radius 2 is 2.00 bits per heavy atom. The summed E-state index contributed by atoms with van der Waals surface area (Å²) in [7, 11) is 1.90. The molecule has 0 aliphatic heterocycles. The first-order chi connectivity index (χ1) is 9.40. The Morgan fingerprint density at radius 1 is 1.16 bits per heavy atom. The fraction of sp³-hybridized carbons (Fsp3) is 0.133. The highest BCUT2D eigenvalue weighted by Gasteiger charge is 2.13. The van der Waals surface area contributed by atoms with Gasteiger partial charge in [0.25, 0.3) is 0 Å². The van der Waals surface area contributed by atoms with Gasteiger partial charge in [0.15, 0.2) is 0 Å². The van der Waals surface area contributed by atoms with Crippen LogP contribution in [0.2, 0.25) is 0 Å². The summed E-state index contributed by atoms with van der Waals surface area (Å²) in [4.78, 5) is 0. The summed E-state index contributed by atoms with van der Waals surface area (Å²) in [5.74, 6) is 0.917. The van der Waals surface area contributed by atoms with Crippen molar-refractivity contribution in [1.82, 2.24) is 15.1 Å². The molecule has 96 valence electrons. The zero-order valence-electron chi connectivity index (χ0n) is 10.7. The fourth-order valence-corrected chi connectivity index (χ4v) is 2.15. The number of para-hydroxylation sites is 1. The average Bonchev–Trinajstić information content (AvgIpc) is 3.08. The summed E-state index contributed by atoms with van der Waals surface area (Å²) >= 11 is 0. The highest BCUT2D eigenvalue weighted by molar-refractivity contribution is 5.63. The second-order valence-electron chi connectivity index (χ2n) is 4.25. The van der Waals surface area contributed by atoms with Crippen LogP contribution in [0.1, 0.15) is 5.76 Å². The summed E-state index contributed by atoms with van der Waals surface area (Å²) in [6.45, 7) is 0.697. The average molecular weight is 253 g/mol. The van der Waals surface area contributed by atoms with Crippen LogP contribution in [-0.4, -0.2) is 16.8 Å². The maximum absolute atomic E-state index is 5.52. The molecule has 0 aliphatic carbocycles. The van der Waals surface area contributed by atoms with E-state index in [0.29, 0.717) is 6.54 Å². The molecule has 4 heteroatoms. The van der Waals surface area contributed by atoms with E-state index >= 15 is 0 Å². The third-order valence-electron chi connectivity index (χ3n) is 3.00. The minimum atomic E-state index is 0.697. The summed E-state index contributed by atoms with van der Waals surface area (Å²) in [6.07, 6.45) is 3.52. The molecule has 2 heterocycles. The lowest BCUT2D eigenvalue weighted by Crippen LogP contribution is -2.06. The molecule has 0 unspecified atom stereocenters. The van der Waals surface area contributed by atoms with E-state index in [1.54, 1.807) is 12.5 Å². The van der Waals surface area contributed by atoms with Gasteiger partial charge in [0, 0.05) is 5.56 Å². The van der Waals surface area contributed by atoms with Crippen molar-refractivity contribution < 1.29 is 4.42 Å². The largest absolute Gasteiger partial charge is 0.467 e. The lowest BCUT2D eigenvalue weighted by atomic mass is 10.1. The predicted molar refractivity (Wildman–Crippen MR) is 74.0 cm³/mol. The van der Waals surface area contributed by atoms with E-state index in [4.69, 9.17) is 4.42 Å². The molecule has 0 atom stereocenters. The number of rotatable bonds is 4. The first kappa shape index (κ1) is 11.7. The number of hydrogen-bond donors (Lipinski definition) is 1. The quantitative estimate of drug-likeness (QED) is 0.777. The van der Waals surface area contributed by atoms with Gasteiger partial charge in [-0.1, -0.05) is 18.2 Å². The third-order valence-corrected chi connectivity index (χ3v) is 3.00. The van der Waals surface area contributed by atoms with E-state index in [2.05, 4.69) is 10.4 Å². The molecule has 0 spiro atoms. The molecule has 1 aromatic carbocycles. The molecule has 0 fully saturated rings. The van der Waals surface area contributed by atoms with Gasteiger partial charge in [-0.15, -0.1) is 0 Å². The van der Waals surface area contributed by atoms with E-state index in [1.165, 1.54) is 0 Å². The number of benzene rings is 1. The van der Waals surface area contributed by atoms with Crippen molar-refractivity contribution in [3.63, 3.8) is 0 Å². The smallest absolute Gasteiger partial charge is 0.126 e. The lowest BCUT2D eigenvalue weighted by Gasteiger charge is -2.07. The zero-order valence-corrected chi connectivity index (χ0v) is 10.7. The first-order valence-electron chi connectivity index (χ1n) is 6.21. The van der Waals surface area contributed by atoms with Crippen molar-refractivity contribution in [1.29, 1.82) is 0 Å². The Labute approximate surface area is 111 Å². The molecule has 0 saturated heterocycles. The van der Waals surface area contributed by atoms with Crippen molar-refractivity contribution in [2.45, 2.75) is 6.54 Å². The molecular formula is C15H15N3O.